The Morgan fingerprint density at radius 1 is 1.38 bits per heavy atom. The Bertz CT molecular complexity index is 1120. The Hall–Kier alpha value is -2.72. The van der Waals surface area contributed by atoms with E-state index >= 15 is 0 Å². The fraction of sp³-hybridized carbons (Fsp3) is 0.316. The van der Waals surface area contributed by atoms with Crippen molar-refractivity contribution in [2.75, 3.05) is 6.61 Å². The number of nitrogens with zero attached hydrogens (tertiary/aromatic N) is 2. The van der Waals surface area contributed by atoms with Gasteiger partial charge in [0.2, 0.25) is 0 Å². The summed E-state index contributed by atoms with van der Waals surface area (Å²) in [5.41, 5.74) is -0.932. The number of halogens is 3. The highest BCUT2D eigenvalue weighted by Gasteiger charge is 2.31. The Morgan fingerprint density at radius 2 is 2.10 bits per heavy atom. The van der Waals surface area contributed by atoms with Gasteiger partial charge in [-0.15, -0.1) is 11.3 Å². The van der Waals surface area contributed by atoms with E-state index < -0.39 is 29.4 Å². The van der Waals surface area contributed by atoms with Gasteiger partial charge in [-0.05, 0) is 37.1 Å². The van der Waals surface area contributed by atoms with E-state index in [-0.39, 0.29) is 29.0 Å². The van der Waals surface area contributed by atoms with E-state index in [1.165, 1.54) is 18.5 Å². The normalized spacial score (nSPS) is 12.9. The van der Waals surface area contributed by atoms with Crippen LogP contribution in [0.2, 0.25) is 0 Å². The van der Waals surface area contributed by atoms with Crippen molar-refractivity contribution in [1.29, 1.82) is 0 Å². The van der Waals surface area contributed by atoms with Gasteiger partial charge in [-0.3, -0.25) is 9.36 Å². The van der Waals surface area contributed by atoms with Gasteiger partial charge in [-0.2, -0.15) is 13.2 Å². The van der Waals surface area contributed by atoms with E-state index in [2.05, 4.69) is 4.98 Å². The molecule has 1 unspecified atom stereocenters. The number of hydrogen-bond acceptors (Lipinski definition) is 6. The average molecular weight is 426 g/mol. The number of alkyl halides is 3. The number of ether oxygens (including phenoxy) is 1. The van der Waals surface area contributed by atoms with E-state index in [0.717, 1.165) is 28.0 Å². The molecule has 2 heterocycles. The van der Waals surface area contributed by atoms with Crippen LogP contribution in [0.25, 0.3) is 10.2 Å². The Morgan fingerprint density at radius 3 is 2.76 bits per heavy atom. The number of aromatic nitrogens is 2. The van der Waals surface area contributed by atoms with Crippen LogP contribution in [-0.2, 0) is 17.5 Å². The van der Waals surface area contributed by atoms with Gasteiger partial charge in [-0.1, -0.05) is 12.1 Å². The van der Waals surface area contributed by atoms with Gasteiger partial charge in [0.25, 0.3) is 5.56 Å². The maximum Gasteiger partial charge on any atom is 0.416 e. The summed E-state index contributed by atoms with van der Waals surface area (Å²) in [6.45, 7) is 3.17. The van der Waals surface area contributed by atoms with Gasteiger partial charge >= 0.3 is 12.1 Å². The molecule has 1 aromatic carbocycles. The van der Waals surface area contributed by atoms with Gasteiger partial charge in [0.05, 0.1) is 36.5 Å². The average Bonchev–Trinajstić information content (AvgIpc) is 3.01. The minimum atomic E-state index is -4.54. The molecule has 3 aromatic rings. The molecule has 0 aliphatic heterocycles. The van der Waals surface area contributed by atoms with Crippen LogP contribution < -0.4 is 5.56 Å². The highest BCUT2D eigenvalue weighted by Crippen LogP contribution is 2.31. The summed E-state index contributed by atoms with van der Waals surface area (Å²) in [6.07, 6.45) is -4.69. The number of carbonyl (C=O) groups is 1. The molecule has 154 valence electrons. The van der Waals surface area contributed by atoms with Crippen LogP contribution in [0.3, 0.4) is 0 Å². The summed E-state index contributed by atoms with van der Waals surface area (Å²) >= 11 is 1.03. The minimum Gasteiger partial charge on any atom is -0.462 e. The molecule has 0 amide bonds. The molecule has 0 aliphatic carbocycles. The van der Waals surface area contributed by atoms with E-state index in [9.17, 15) is 27.9 Å². The number of hydrogen-bond donors (Lipinski definition) is 1. The molecule has 6 nitrogen and oxygen atoms in total. The number of aliphatic hydroxyl groups excluding tert-OH is 1. The molecule has 0 aliphatic rings. The number of aryl methyl sites for hydroxylation is 1. The third-order valence-corrected chi connectivity index (χ3v) is 5.53. The molecule has 1 N–H and O–H groups in total. The van der Waals surface area contributed by atoms with E-state index in [1.807, 2.05) is 0 Å². The van der Waals surface area contributed by atoms with Crippen molar-refractivity contribution in [3.63, 3.8) is 0 Å². The van der Waals surface area contributed by atoms with E-state index in [0.29, 0.717) is 10.4 Å². The lowest BCUT2D eigenvalue weighted by Crippen LogP contribution is -2.24. The van der Waals surface area contributed by atoms with Gasteiger partial charge < -0.3 is 9.84 Å². The fourth-order valence-corrected chi connectivity index (χ4v) is 3.93. The summed E-state index contributed by atoms with van der Waals surface area (Å²) < 4.78 is 44.7. The van der Waals surface area contributed by atoms with Crippen molar-refractivity contribution in [2.45, 2.75) is 32.7 Å². The smallest absolute Gasteiger partial charge is 0.416 e. The fourth-order valence-electron chi connectivity index (χ4n) is 2.89. The van der Waals surface area contributed by atoms with E-state index in [4.69, 9.17) is 4.74 Å². The minimum absolute atomic E-state index is 0.0288. The highest BCUT2D eigenvalue weighted by atomic mass is 32.1. The zero-order valence-corrected chi connectivity index (χ0v) is 16.3. The second kappa shape index (κ2) is 7.96. The van der Waals surface area contributed by atoms with E-state index in [1.54, 1.807) is 13.8 Å². The second-order valence-electron chi connectivity index (χ2n) is 6.30. The second-order valence-corrected chi connectivity index (χ2v) is 7.30. The molecule has 2 aromatic heterocycles. The highest BCUT2D eigenvalue weighted by molar-refractivity contribution is 7.20. The quantitative estimate of drug-likeness (QED) is 0.630. The zero-order chi connectivity index (χ0) is 21.3. The van der Waals surface area contributed by atoms with Crippen LogP contribution >= 0.6 is 11.3 Å². The van der Waals surface area contributed by atoms with Crippen molar-refractivity contribution < 1.29 is 27.8 Å². The molecule has 0 saturated carbocycles. The number of carbonyl (C=O) groups excluding carboxylic acids is 1. The third-order valence-electron chi connectivity index (χ3n) is 4.35. The summed E-state index contributed by atoms with van der Waals surface area (Å²) in [4.78, 5) is 29.6. The van der Waals surface area contributed by atoms with Crippen molar-refractivity contribution >= 4 is 27.5 Å². The van der Waals surface area contributed by atoms with Crippen LogP contribution in [0.15, 0.2) is 35.4 Å². The molecule has 0 spiro atoms. The van der Waals surface area contributed by atoms with Crippen LogP contribution in [0.4, 0.5) is 13.2 Å². The predicted molar refractivity (Wildman–Crippen MR) is 101 cm³/mol. The molecular formula is C19H17F3N2O4S. The summed E-state index contributed by atoms with van der Waals surface area (Å²) in [6, 6.07) is 4.30. The summed E-state index contributed by atoms with van der Waals surface area (Å²) in [5.74, 6) is -0.553. The third kappa shape index (κ3) is 4.18. The summed E-state index contributed by atoms with van der Waals surface area (Å²) in [5, 5.41) is 10.6. The molecule has 0 fully saturated rings. The molecule has 29 heavy (non-hydrogen) atoms. The van der Waals surface area contributed by atoms with Crippen LogP contribution in [0.1, 0.15) is 39.4 Å². The SMILES string of the molecule is CCOC(=O)c1sc2ncn(CC(O)c3cccc(C(F)(F)F)c3)c(=O)c2c1C. The molecule has 0 saturated heterocycles. The maximum atomic E-state index is 12.9. The van der Waals surface area contributed by atoms with Gasteiger partial charge in [0, 0.05) is 0 Å². The van der Waals surface area contributed by atoms with Gasteiger partial charge in [-0.25, -0.2) is 9.78 Å². The van der Waals surface area contributed by atoms with Gasteiger partial charge in [0.1, 0.15) is 9.71 Å². The van der Waals surface area contributed by atoms with Crippen LogP contribution in [0.5, 0.6) is 0 Å². The van der Waals surface area contributed by atoms with Crippen LogP contribution in [0, 0.1) is 6.92 Å². The topological polar surface area (TPSA) is 81.4 Å². The number of thiophene rings is 1. The molecule has 10 heteroatoms. The van der Waals surface area contributed by atoms with Crippen molar-refractivity contribution in [2.24, 2.45) is 0 Å². The Balaban J connectivity index is 1.95. The number of benzene rings is 1. The van der Waals surface area contributed by atoms with Gasteiger partial charge in [0.15, 0.2) is 0 Å². The number of aliphatic hydroxyl groups is 1. The lowest BCUT2D eigenvalue weighted by Gasteiger charge is -2.15. The van der Waals surface area contributed by atoms with Crippen molar-refractivity contribution in [3.8, 4) is 0 Å². The number of fused-ring (bicyclic) bond motifs is 1. The predicted octanol–water partition coefficient (Wildman–Crippen LogP) is 3.70. The first-order chi connectivity index (χ1) is 13.6. The largest absolute Gasteiger partial charge is 0.462 e. The van der Waals surface area contributed by atoms with Crippen molar-refractivity contribution in [1.82, 2.24) is 9.55 Å². The molecule has 0 radical (unpaired) electrons. The monoisotopic (exact) mass is 426 g/mol. The first-order valence-corrected chi connectivity index (χ1v) is 9.46. The van der Waals surface area contributed by atoms with Crippen molar-refractivity contribution in [3.05, 3.63) is 62.5 Å². The molecular weight excluding hydrogens is 409 g/mol. The van der Waals surface area contributed by atoms with Crippen LogP contribution in [-0.4, -0.2) is 27.2 Å². The number of esters is 1. The zero-order valence-electron chi connectivity index (χ0n) is 15.5. The Labute approximate surface area is 167 Å². The number of rotatable bonds is 5. The lowest BCUT2D eigenvalue weighted by molar-refractivity contribution is -0.137. The Kier molecular flexibility index (Phi) is 5.76. The molecule has 1 atom stereocenters. The standard InChI is InChI=1S/C19H17F3N2O4S/c1-3-28-18(27)15-10(2)14-16(29-15)23-9-24(17(14)26)8-13(25)11-5-4-6-12(7-11)19(20,21)22/h4-7,9,13,25H,3,8H2,1-2H3. The molecule has 0 bridgehead atoms. The lowest BCUT2D eigenvalue weighted by atomic mass is 10.1. The first kappa shape index (κ1) is 21.0. The maximum absolute atomic E-state index is 12.9. The first-order valence-electron chi connectivity index (χ1n) is 8.64. The summed E-state index contributed by atoms with van der Waals surface area (Å²) in [7, 11) is 0. The molecule has 3 rings (SSSR count).